The molecule has 186 valence electrons. The summed E-state index contributed by atoms with van der Waals surface area (Å²) in [5.41, 5.74) is 1.93. The number of carbonyl (C=O) groups is 1. The summed E-state index contributed by atoms with van der Waals surface area (Å²) in [6.45, 7) is 5.30. The van der Waals surface area contributed by atoms with E-state index in [1.54, 1.807) is 0 Å². The van der Waals surface area contributed by atoms with Gasteiger partial charge in [0, 0.05) is 23.8 Å². The Balaban J connectivity index is 1.93. The summed E-state index contributed by atoms with van der Waals surface area (Å²) < 4.78 is 46.5. The van der Waals surface area contributed by atoms with Crippen LogP contribution >= 0.6 is 0 Å². The number of nitrogens with zero attached hydrogens (tertiary/aromatic N) is 5. The highest BCUT2D eigenvalue weighted by atomic mass is 19.4. The normalized spacial score (nSPS) is 11.4. The molecule has 1 aromatic carbocycles. The Labute approximate surface area is 203 Å². The smallest absolute Gasteiger partial charge is 0.435 e. The third kappa shape index (κ3) is 4.97. The zero-order valence-electron chi connectivity index (χ0n) is 19.7. The molecule has 4 rings (SSSR count). The number of rotatable bonds is 6. The Bertz CT molecular complexity index is 1450. The first-order valence-corrected chi connectivity index (χ1v) is 10.6. The van der Waals surface area contributed by atoms with E-state index in [0.29, 0.717) is 5.69 Å². The third-order valence-electron chi connectivity index (χ3n) is 5.21. The number of aromatic carboxylic acids is 1. The molecular formula is C24H21F3N6O3. The lowest BCUT2D eigenvalue weighted by Crippen LogP contribution is -2.11. The number of aryl methyl sites for hydroxylation is 3. The van der Waals surface area contributed by atoms with Crippen molar-refractivity contribution in [2.75, 3.05) is 12.4 Å². The van der Waals surface area contributed by atoms with Crippen LogP contribution in [0.15, 0.2) is 42.7 Å². The van der Waals surface area contributed by atoms with Crippen molar-refractivity contribution in [3.8, 4) is 22.8 Å². The van der Waals surface area contributed by atoms with Crippen LogP contribution in [0, 0.1) is 20.8 Å². The maximum absolute atomic E-state index is 13.4. The maximum atomic E-state index is 13.4. The first-order chi connectivity index (χ1) is 17.0. The SMILES string of the molecule is COc1ncc(C(=O)O)cc1-c1cnc(Nc2cc(C)cc(C)c2)nc1-n1nc(C(F)(F)F)cc1C. The summed E-state index contributed by atoms with van der Waals surface area (Å²) in [4.78, 5) is 24.4. The van der Waals surface area contributed by atoms with E-state index in [0.717, 1.165) is 28.1 Å². The van der Waals surface area contributed by atoms with Crippen LogP contribution in [0.1, 0.15) is 32.9 Å². The molecule has 0 saturated heterocycles. The van der Waals surface area contributed by atoms with Gasteiger partial charge in [0.25, 0.3) is 0 Å². The quantitative estimate of drug-likeness (QED) is 0.377. The number of alkyl halides is 3. The second kappa shape index (κ2) is 9.29. The molecule has 2 N–H and O–H groups in total. The summed E-state index contributed by atoms with van der Waals surface area (Å²) in [7, 11) is 1.34. The van der Waals surface area contributed by atoms with Gasteiger partial charge in [-0.2, -0.15) is 23.3 Å². The second-order valence-corrected chi connectivity index (χ2v) is 8.10. The van der Waals surface area contributed by atoms with Crippen molar-refractivity contribution in [1.29, 1.82) is 0 Å². The number of halogens is 3. The first-order valence-electron chi connectivity index (χ1n) is 10.6. The van der Waals surface area contributed by atoms with E-state index in [4.69, 9.17) is 4.74 Å². The van der Waals surface area contributed by atoms with Crippen molar-refractivity contribution >= 4 is 17.6 Å². The number of benzene rings is 1. The average molecular weight is 498 g/mol. The van der Waals surface area contributed by atoms with Crippen molar-refractivity contribution in [3.05, 3.63) is 70.8 Å². The summed E-state index contributed by atoms with van der Waals surface area (Å²) in [6, 6.07) is 7.91. The minimum Gasteiger partial charge on any atom is -0.481 e. The molecular weight excluding hydrogens is 477 g/mol. The van der Waals surface area contributed by atoms with Gasteiger partial charge in [0.1, 0.15) is 0 Å². The molecule has 0 spiro atoms. The van der Waals surface area contributed by atoms with Crippen LogP contribution in [-0.2, 0) is 6.18 Å². The molecule has 0 aliphatic carbocycles. The van der Waals surface area contributed by atoms with E-state index in [1.165, 1.54) is 26.3 Å². The van der Waals surface area contributed by atoms with Crippen LogP contribution < -0.4 is 10.1 Å². The van der Waals surface area contributed by atoms with Crippen molar-refractivity contribution < 1.29 is 27.8 Å². The van der Waals surface area contributed by atoms with Gasteiger partial charge in [-0.25, -0.2) is 19.4 Å². The highest BCUT2D eigenvalue weighted by molar-refractivity contribution is 5.90. The molecule has 0 aliphatic rings. The molecule has 3 aromatic heterocycles. The Morgan fingerprint density at radius 3 is 2.28 bits per heavy atom. The fourth-order valence-electron chi connectivity index (χ4n) is 3.71. The minimum absolute atomic E-state index is 0.0208. The van der Waals surface area contributed by atoms with Crippen molar-refractivity contribution in [2.24, 2.45) is 0 Å². The fraction of sp³-hybridized carbons (Fsp3) is 0.208. The topological polar surface area (TPSA) is 115 Å². The highest BCUT2D eigenvalue weighted by Crippen LogP contribution is 2.35. The maximum Gasteiger partial charge on any atom is 0.435 e. The van der Waals surface area contributed by atoms with E-state index in [-0.39, 0.29) is 40.0 Å². The van der Waals surface area contributed by atoms with Gasteiger partial charge < -0.3 is 15.2 Å². The zero-order chi connectivity index (χ0) is 26.2. The molecule has 3 heterocycles. The number of pyridine rings is 1. The number of hydrogen-bond acceptors (Lipinski definition) is 7. The fourth-order valence-corrected chi connectivity index (χ4v) is 3.71. The van der Waals surface area contributed by atoms with Crippen LogP contribution in [-0.4, -0.2) is 42.9 Å². The van der Waals surface area contributed by atoms with Crippen LogP contribution in [0.4, 0.5) is 24.8 Å². The first kappa shape index (κ1) is 24.6. The lowest BCUT2D eigenvalue weighted by atomic mass is 10.1. The minimum atomic E-state index is -4.67. The van der Waals surface area contributed by atoms with Gasteiger partial charge in [-0.15, -0.1) is 0 Å². The number of methoxy groups -OCH3 is 1. The molecule has 0 radical (unpaired) electrons. The second-order valence-electron chi connectivity index (χ2n) is 8.10. The largest absolute Gasteiger partial charge is 0.481 e. The summed E-state index contributed by atoms with van der Waals surface area (Å²) in [6.07, 6.45) is -2.21. The van der Waals surface area contributed by atoms with Gasteiger partial charge in [-0.1, -0.05) is 6.07 Å². The van der Waals surface area contributed by atoms with Gasteiger partial charge >= 0.3 is 12.1 Å². The summed E-state index contributed by atoms with van der Waals surface area (Å²) >= 11 is 0. The molecule has 12 heteroatoms. The number of nitrogens with one attached hydrogen (secondary N) is 1. The molecule has 0 amide bonds. The number of carboxylic acid groups (broad SMARTS) is 1. The van der Waals surface area contributed by atoms with Crippen LogP contribution in [0.5, 0.6) is 5.88 Å². The molecule has 0 fully saturated rings. The van der Waals surface area contributed by atoms with Gasteiger partial charge in [0.05, 0.1) is 23.8 Å². The number of aromatic nitrogens is 5. The molecule has 0 atom stereocenters. The molecule has 9 nitrogen and oxygen atoms in total. The number of anilines is 2. The third-order valence-corrected chi connectivity index (χ3v) is 5.21. The van der Waals surface area contributed by atoms with Gasteiger partial charge in [-0.3, -0.25) is 0 Å². The molecule has 4 aromatic rings. The Morgan fingerprint density at radius 1 is 1.00 bits per heavy atom. The Kier molecular flexibility index (Phi) is 6.35. The van der Waals surface area contributed by atoms with E-state index in [2.05, 4.69) is 25.4 Å². The highest BCUT2D eigenvalue weighted by Gasteiger charge is 2.35. The number of hydrogen-bond donors (Lipinski definition) is 2. The molecule has 0 unspecified atom stereocenters. The van der Waals surface area contributed by atoms with E-state index in [1.807, 2.05) is 32.0 Å². The van der Waals surface area contributed by atoms with Crippen molar-refractivity contribution in [2.45, 2.75) is 26.9 Å². The number of carboxylic acids is 1. The molecule has 0 saturated carbocycles. The monoisotopic (exact) mass is 498 g/mol. The van der Waals surface area contributed by atoms with Crippen LogP contribution in [0.3, 0.4) is 0 Å². The van der Waals surface area contributed by atoms with E-state index in [9.17, 15) is 23.1 Å². The lowest BCUT2D eigenvalue weighted by Gasteiger charge is -2.15. The van der Waals surface area contributed by atoms with Crippen LogP contribution in [0.25, 0.3) is 16.9 Å². The number of ether oxygens (including phenoxy) is 1. The predicted octanol–water partition coefficient (Wildman–Crippen LogP) is 5.12. The average Bonchev–Trinajstić information content (AvgIpc) is 3.20. The molecule has 0 bridgehead atoms. The summed E-state index contributed by atoms with van der Waals surface area (Å²) in [5.74, 6) is -1.12. The Hall–Kier alpha value is -4.48. The van der Waals surface area contributed by atoms with E-state index < -0.39 is 17.8 Å². The van der Waals surface area contributed by atoms with E-state index >= 15 is 0 Å². The standard InChI is InChI=1S/C24H21F3N6O3/c1-12-5-13(2)7-16(6-12)30-23-29-11-18(17-9-15(22(34)35)10-28-21(17)36-4)20(31-23)33-14(3)8-19(32-33)24(25,26)27/h5-11H,1-4H3,(H,34,35)(H,29,30,31). The van der Waals surface area contributed by atoms with Gasteiger partial charge in [-0.05, 0) is 56.2 Å². The summed E-state index contributed by atoms with van der Waals surface area (Å²) in [5, 5.41) is 16.2. The molecule has 36 heavy (non-hydrogen) atoms. The Morgan fingerprint density at radius 2 is 1.69 bits per heavy atom. The molecule has 0 aliphatic heterocycles. The zero-order valence-corrected chi connectivity index (χ0v) is 19.7. The predicted molar refractivity (Wildman–Crippen MR) is 125 cm³/mol. The van der Waals surface area contributed by atoms with Crippen LogP contribution in [0.2, 0.25) is 0 Å². The van der Waals surface area contributed by atoms with Gasteiger partial charge in [0.2, 0.25) is 11.8 Å². The van der Waals surface area contributed by atoms with Crippen molar-refractivity contribution in [3.63, 3.8) is 0 Å². The lowest BCUT2D eigenvalue weighted by molar-refractivity contribution is -0.141. The van der Waals surface area contributed by atoms with Gasteiger partial charge in [0.15, 0.2) is 11.5 Å². The van der Waals surface area contributed by atoms with Crippen molar-refractivity contribution in [1.82, 2.24) is 24.7 Å².